The molecule has 0 aliphatic heterocycles. The standard InChI is InChI=1S/C10H9FN4O3S/c11-8-5-7(6-16)1-2-9(8)19(17,18)15-10-12-3-4-13-14-10/h1-5,16H,6H2,(H,12,14,15). The number of rotatable bonds is 4. The number of anilines is 1. The van der Waals surface area contributed by atoms with Gasteiger partial charge in [0.25, 0.3) is 16.0 Å². The number of aromatic nitrogens is 3. The highest BCUT2D eigenvalue weighted by atomic mass is 32.2. The first-order chi connectivity index (χ1) is 9.03. The lowest BCUT2D eigenvalue weighted by Crippen LogP contribution is -2.16. The van der Waals surface area contributed by atoms with Crippen molar-refractivity contribution < 1.29 is 17.9 Å². The topological polar surface area (TPSA) is 105 Å². The summed E-state index contributed by atoms with van der Waals surface area (Å²) in [5.74, 6) is -1.23. The van der Waals surface area contributed by atoms with Crippen molar-refractivity contribution in [2.24, 2.45) is 0 Å². The summed E-state index contributed by atoms with van der Waals surface area (Å²) in [7, 11) is -4.14. The van der Waals surface area contributed by atoms with Crippen molar-refractivity contribution in [3.63, 3.8) is 0 Å². The number of halogens is 1. The quantitative estimate of drug-likeness (QED) is 0.836. The van der Waals surface area contributed by atoms with Gasteiger partial charge in [-0.2, -0.15) is 5.10 Å². The fourth-order valence-electron chi connectivity index (χ4n) is 1.33. The molecule has 2 N–H and O–H groups in total. The van der Waals surface area contributed by atoms with Crippen LogP contribution < -0.4 is 4.72 Å². The second-order valence-corrected chi connectivity index (χ2v) is 5.15. The highest BCUT2D eigenvalue weighted by Crippen LogP contribution is 2.18. The summed E-state index contributed by atoms with van der Waals surface area (Å²) >= 11 is 0. The lowest BCUT2D eigenvalue weighted by Gasteiger charge is -2.07. The van der Waals surface area contributed by atoms with Crippen LogP contribution in [0.3, 0.4) is 0 Å². The number of benzene rings is 1. The van der Waals surface area contributed by atoms with Gasteiger partial charge in [0, 0.05) is 0 Å². The summed E-state index contributed by atoms with van der Waals surface area (Å²) in [5, 5.41) is 15.7. The lowest BCUT2D eigenvalue weighted by atomic mass is 10.2. The minimum Gasteiger partial charge on any atom is -0.392 e. The molecular formula is C10H9FN4O3S. The highest BCUT2D eigenvalue weighted by molar-refractivity contribution is 7.92. The molecule has 7 nitrogen and oxygen atoms in total. The Kier molecular flexibility index (Phi) is 3.67. The summed E-state index contributed by atoms with van der Waals surface area (Å²) in [6.07, 6.45) is 2.52. The molecule has 100 valence electrons. The van der Waals surface area contributed by atoms with E-state index in [9.17, 15) is 12.8 Å². The van der Waals surface area contributed by atoms with Crippen LogP contribution in [0.4, 0.5) is 10.3 Å². The van der Waals surface area contributed by atoms with Crippen LogP contribution in [-0.4, -0.2) is 28.7 Å². The van der Waals surface area contributed by atoms with Gasteiger partial charge in [0.05, 0.1) is 19.0 Å². The van der Waals surface area contributed by atoms with Gasteiger partial charge in [-0.1, -0.05) is 6.07 Å². The summed E-state index contributed by atoms with van der Waals surface area (Å²) < 4.78 is 39.4. The van der Waals surface area contributed by atoms with E-state index in [-0.39, 0.29) is 18.1 Å². The van der Waals surface area contributed by atoms with Crippen molar-refractivity contribution in [2.75, 3.05) is 4.72 Å². The Hall–Kier alpha value is -2.13. The minimum atomic E-state index is -4.14. The molecule has 0 saturated heterocycles. The zero-order valence-electron chi connectivity index (χ0n) is 9.49. The molecule has 0 saturated carbocycles. The van der Waals surface area contributed by atoms with Crippen LogP contribution in [-0.2, 0) is 16.6 Å². The molecule has 1 heterocycles. The molecule has 2 aromatic rings. The average molecular weight is 284 g/mol. The lowest BCUT2D eigenvalue weighted by molar-refractivity contribution is 0.281. The predicted molar refractivity (Wildman–Crippen MR) is 63.0 cm³/mol. The van der Waals surface area contributed by atoms with Gasteiger partial charge in [0.2, 0.25) is 0 Å². The molecular weight excluding hydrogens is 275 g/mol. The number of nitrogens with zero attached hydrogens (tertiary/aromatic N) is 3. The first-order valence-electron chi connectivity index (χ1n) is 5.09. The average Bonchev–Trinajstić information content (AvgIpc) is 2.38. The third-order valence-corrected chi connectivity index (χ3v) is 3.54. The van der Waals surface area contributed by atoms with E-state index in [2.05, 4.69) is 15.2 Å². The molecule has 9 heteroatoms. The SMILES string of the molecule is O=S(=O)(Nc1nccnn1)c1ccc(CO)cc1F. The Bertz CT molecular complexity index is 678. The predicted octanol–water partition coefficient (Wildman–Crippen LogP) is 0.304. The number of hydrogen-bond donors (Lipinski definition) is 2. The van der Waals surface area contributed by atoms with E-state index >= 15 is 0 Å². The van der Waals surface area contributed by atoms with Crippen molar-refractivity contribution in [1.82, 2.24) is 15.2 Å². The fraction of sp³-hybridized carbons (Fsp3) is 0.100. The zero-order valence-corrected chi connectivity index (χ0v) is 10.3. The number of nitrogens with one attached hydrogen (secondary N) is 1. The van der Waals surface area contributed by atoms with Crippen molar-refractivity contribution in [3.8, 4) is 0 Å². The van der Waals surface area contributed by atoms with E-state index in [1.54, 1.807) is 0 Å². The molecule has 0 atom stereocenters. The van der Waals surface area contributed by atoms with Gasteiger partial charge in [-0.15, -0.1) is 5.10 Å². The van der Waals surface area contributed by atoms with Gasteiger partial charge in [0.1, 0.15) is 10.7 Å². The monoisotopic (exact) mass is 284 g/mol. The third kappa shape index (κ3) is 3.01. The van der Waals surface area contributed by atoms with Crippen molar-refractivity contribution in [1.29, 1.82) is 0 Å². The van der Waals surface area contributed by atoms with Gasteiger partial charge in [-0.3, -0.25) is 0 Å². The first kappa shape index (κ1) is 13.3. The molecule has 0 amide bonds. The van der Waals surface area contributed by atoms with Crippen LogP contribution in [0.15, 0.2) is 35.5 Å². The van der Waals surface area contributed by atoms with E-state index in [1.807, 2.05) is 4.72 Å². The fourth-order valence-corrected chi connectivity index (χ4v) is 2.34. The van der Waals surface area contributed by atoms with Gasteiger partial charge < -0.3 is 5.11 Å². The molecule has 0 aliphatic carbocycles. The Morgan fingerprint density at radius 1 is 1.32 bits per heavy atom. The van der Waals surface area contributed by atoms with Gasteiger partial charge >= 0.3 is 0 Å². The molecule has 0 bridgehead atoms. The molecule has 0 fully saturated rings. The van der Waals surface area contributed by atoms with E-state index in [0.29, 0.717) is 0 Å². The Morgan fingerprint density at radius 3 is 2.68 bits per heavy atom. The molecule has 0 unspecified atom stereocenters. The smallest absolute Gasteiger partial charge is 0.267 e. The Balaban J connectivity index is 2.35. The van der Waals surface area contributed by atoms with E-state index < -0.39 is 20.7 Å². The van der Waals surface area contributed by atoms with Crippen LogP contribution in [0.1, 0.15) is 5.56 Å². The maximum absolute atomic E-state index is 13.6. The van der Waals surface area contributed by atoms with Gasteiger partial charge in [0.15, 0.2) is 0 Å². The van der Waals surface area contributed by atoms with E-state index in [0.717, 1.165) is 12.1 Å². The number of aliphatic hydroxyl groups is 1. The van der Waals surface area contributed by atoms with Crippen LogP contribution in [0.25, 0.3) is 0 Å². The van der Waals surface area contributed by atoms with Crippen LogP contribution >= 0.6 is 0 Å². The summed E-state index contributed by atoms with van der Waals surface area (Å²) in [5.41, 5.74) is 0.272. The molecule has 0 radical (unpaired) electrons. The third-order valence-electron chi connectivity index (χ3n) is 2.18. The molecule has 0 spiro atoms. The molecule has 19 heavy (non-hydrogen) atoms. The summed E-state index contributed by atoms with van der Waals surface area (Å²) in [4.78, 5) is 3.07. The Labute approximate surface area is 108 Å². The highest BCUT2D eigenvalue weighted by Gasteiger charge is 2.20. The van der Waals surface area contributed by atoms with Crippen molar-refractivity contribution >= 4 is 16.0 Å². The van der Waals surface area contributed by atoms with Crippen molar-refractivity contribution in [3.05, 3.63) is 42.0 Å². The minimum absolute atomic E-state index is 0.256. The normalized spacial score (nSPS) is 11.3. The maximum Gasteiger partial charge on any atom is 0.267 e. The van der Waals surface area contributed by atoms with Crippen LogP contribution in [0.2, 0.25) is 0 Å². The molecule has 1 aromatic carbocycles. The number of sulfonamides is 1. The van der Waals surface area contributed by atoms with E-state index in [1.165, 1.54) is 18.5 Å². The molecule has 1 aromatic heterocycles. The first-order valence-corrected chi connectivity index (χ1v) is 6.57. The van der Waals surface area contributed by atoms with E-state index in [4.69, 9.17) is 5.11 Å². The van der Waals surface area contributed by atoms with Crippen molar-refractivity contribution in [2.45, 2.75) is 11.5 Å². The summed E-state index contributed by atoms with van der Waals surface area (Å²) in [6.45, 7) is -0.379. The van der Waals surface area contributed by atoms with Crippen LogP contribution in [0.5, 0.6) is 0 Å². The maximum atomic E-state index is 13.6. The molecule has 0 aliphatic rings. The van der Waals surface area contributed by atoms with Gasteiger partial charge in [-0.05, 0) is 17.7 Å². The van der Waals surface area contributed by atoms with Gasteiger partial charge in [-0.25, -0.2) is 22.5 Å². The largest absolute Gasteiger partial charge is 0.392 e. The number of hydrogen-bond acceptors (Lipinski definition) is 6. The Morgan fingerprint density at radius 2 is 2.11 bits per heavy atom. The van der Waals surface area contributed by atoms with Crippen LogP contribution in [0, 0.1) is 5.82 Å². The summed E-state index contributed by atoms with van der Waals surface area (Å²) in [6, 6.07) is 3.31. The molecule has 2 rings (SSSR count). The second-order valence-electron chi connectivity index (χ2n) is 3.49. The second kappa shape index (κ2) is 5.24. The number of aliphatic hydroxyl groups excluding tert-OH is 1. The zero-order chi connectivity index (χ0) is 13.9.